The maximum atomic E-state index is 11.7. The van der Waals surface area contributed by atoms with Gasteiger partial charge in [-0.3, -0.25) is 4.79 Å². The number of nitrogens with one attached hydrogen (secondary N) is 1. The summed E-state index contributed by atoms with van der Waals surface area (Å²) in [6.07, 6.45) is 2.53. The van der Waals surface area contributed by atoms with Gasteiger partial charge in [-0.2, -0.15) is 0 Å². The van der Waals surface area contributed by atoms with Crippen molar-refractivity contribution in [3.05, 3.63) is 16.6 Å². The molecular formula is C11H19N3OS. The van der Waals surface area contributed by atoms with Gasteiger partial charge in [0.2, 0.25) is 5.91 Å². The van der Waals surface area contributed by atoms with Gasteiger partial charge in [-0.15, -0.1) is 11.3 Å². The molecule has 5 heteroatoms. The first kappa shape index (κ1) is 13.1. The number of aromatic nitrogens is 1. The maximum absolute atomic E-state index is 11.7. The zero-order chi connectivity index (χ0) is 12.2. The number of carbonyl (C=O) groups excluding carboxylic acids is 1. The van der Waals surface area contributed by atoms with Crippen LogP contribution in [0.4, 0.5) is 0 Å². The molecule has 3 N–H and O–H groups in total. The van der Waals surface area contributed by atoms with Crippen LogP contribution in [0.3, 0.4) is 0 Å². The topological polar surface area (TPSA) is 68.0 Å². The Morgan fingerprint density at radius 1 is 1.62 bits per heavy atom. The summed E-state index contributed by atoms with van der Waals surface area (Å²) in [7, 11) is 0. The van der Waals surface area contributed by atoms with Crippen molar-refractivity contribution in [2.45, 2.75) is 33.2 Å². The zero-order valence-electron chi connectivity index (χ0n) is 9.99. The number of thiazole rings is 1. The van der Waals surface area contributed by atoms with Gasteiger partial charge in [0.05, 0.1) is 11.0 Å². The summed E-state index contributed by atoms with van der Waals surface area (Å²) in [6.45, 7) is 6.46. The first-order valence-electron chi connectivity index (χ1n) is 5.33. The lowest BCUT2D eigenvalue weighted by Crippen LogP contribution is -2.48. The van der Waals surface area contributed by atoms with Crippen LogP contribution in [-0.2, 0) is 11.2 Å². The minimum Gasteiger partial charge on any atom is -0.354 e. The van der Waals surface area contributed by atoms with E-state index < -0.39 is 6.04 Å². The van der Waals surface area contributed by atoms with Gasteiger partial charge in [0.1, 0.15) is 0 Å². The first-order chi connectivity index (χ1) is 7.41. The molecule has 1 amide bonds. The second-order valence-electron chi connectivity index (χ2n) is 4.81. The van der Waals surface area contributed by atoms with Crippen LogP contribution >= 0.6 is 11.3 Å². The van der Waals surface area contributed by atoms with Gasteiger partial charge < -0.3 is 11.1 Å². The van der Waals surface area contributed by atoms with E-state index in [4.69, 9.17) is 5.73 Å². The molecule has 4 nitrogen and oxygen atoms in total. The number of hydrogen-bond donors (Lipinski definition) is 2. The summed E-state index contributed by atoms with van der Waals surface area (Å²) >= 11 is 1.59. The molecule has 0 aliphatic heterocycles. The third-order valence-electron chi connectivity index (χ3n) is 2.34. The van der Waals surface area contributed by atoms with Crippen LogP contribution < -0.4 is 11.1 Å². The number of hydrogen-bond acceptors (Lipinski definition) is 4. The molecule has 0 spiro atoms. The van der Waals surface area contributed by atoms with Crippen molar-refractivity contribution in [3.63, 3.8) is 0 Å². The summed E-state index contributed by atoms with van der Waals surface area (Å²) in [4.78, 5) is 15.8. The van der Waals surface area contributed by atoms with Crippen molar-refractivity contribution in [1.82, 2.24) is 10.3 Å². The zero-order valence-corrected chi connectivity index (χ0v) is 10.8. The molecule has 1 atom stereocenters. The van der Waals surface area contributed by atoms with Gasteiger partial charge >= 0.3 is 0 Å². The van der Waals surface area contributed by atoms with Crippen molar-refractivity contribution >= 4 is 17.2 Å². The van der Waals surface area contributed by atoms with Crippen molar-refractivity contribution in [2.75, 3.05) is 6.54 Å². The fraction of sp³-hybridized carbons (Fsp3) is 0.636. The predicted molar refractivity (Wildman–Crippen MR) is 66.3 cm³/mol. The Hall–Kier alpha value is -0.940. The van der Waals surface area contributed by atoms with Gasteiger partial charge in [0.25, 0.3) is 0 Å². The number of nitrogens with two attached hydrogens (primary N) is 1. The molecule has 0 saturated carbocycles. The van der Waals surface area contributed by atoms with Gasteiger partial charge in [0, 0.05) is 24.5 Å². The molecule has 0 aliphatic carbocycles. The molecule has 0 aromatic carbocycles. The Labute approximate surface area is 100 Å². The second kappa shape index (κ2) is 5.41. The maximum Gasteiger partial charge on any atom is 0.237 e. The van der Waals surface area contributed by atoms with E-state index in [9.17, 15) is 4.79 Å². The van der Waals surface area contributed by atoms with Gasteiger partial charge in [0.15, 0.2) is 0 Å². The Balaban J connectivity index is 2.30. The molecule has 0 aliphatic rings. The number of nitrogens with zero attached hydrogens (tertiary/aromatic N) is 1. The third kappa shape index (κ3) is 3.90. The summed E-state index contributed by atoms with van der Waals surface area (Å²) in [6, 6.07) is -0.469. The number of amides is 1. The highest BCUT2D eigenvalue weighted by Crippen LogP contribution is 2.17. The summed E-state index contributed by atoms with van der Waals surface area (Å²) in [5.41, 5.74) is 5.63. The lowest BCUT2D eigenvalue weighted by Gasteiger charge is -2.25. The molecule has 1 aromatic rings. The molecule has 90 valence electrons. The Morgan fingerprint density at radius 3 is 2.81 bits per heavy atom. The second-order valence-corrected chi connectivity index (χ2v) is 5.79. The normalized spacial score (nSPS) is 13.5. The monoisotopic (exact) mass is 241 g/mol. The highest BCUT2D eigenvalue weighted by atomic mass is 32.1. The summed E-state index contributed by atoms with van der Waals surface area (Å²) in [5, 5.41) is 5.79. The lowest BCUT2D eigenvalue weighted by atomic mass is 9.87. The number of rotatable bonds is 4. The largest absolute Gasteiger partial charge is 0.354 e. The van der Waals surface area contributed by atoms with Crippen molar-refractivity contribution in [1.29, 1.82) is 0 Å². The average molecular weight is 241 g/mol. The molecule has 1 heterocycles. The minimum atomic E-state index is -0.469. The standard InChI is InChI=1S/C11H19N3OS/c1-11(2,3)9(12)10(15)14-5-4-8-13-6-7-16-8/h6-7,9H,4-5,12H2,1-3H3,(H,14,15)/t9-/m0/s1. The lowest BCUT2D eigenvalue weighted by molar-refractivity contribution is -0.124. The van der Waals surface area contributed by atoms with Crippen molar-refractivity contribution in [3.8, 4) is 0 Å². The van der Waals surface area contributed by atoms with Crippen LogP contribution in [0.5, 0.6) is 0 Å². The fourth-order valence-electron chi connectivity index (χ4n) is 1.17. The molecule has 0 bridgehead atoms. The Bertz CT molecular complexity index is 329. The number of carbonyl (C=O) groups is 1. The highest BCUT2D eigenvalue weighted by Gasteiger charge is 2.26. The molecule has 1 aromatic heterocycles. The SMILES string of the molecule is CC(C)(C)[C@@H](N)C(=O)NCCc1nccs1. The van der Waals surface area contributed by atoms with Crippen LogP contribution in [0.15, 0.2) is 11.6 Å². The fourth-order valence-corrected chi connectivity index (χ4v) is 1.79. The Kier molecular flexibility index (Phi) is 4.44. The Morgan fingerprint density at radius 2 is 2.31 bits per heavy atom. The van der Waals surface area contributed by atoms with Crippen LogP contribution in [0.25, 0.3) is 0 Å². The van der Waals surface area contributed by atoms with E-state index in [2.05, 4.69) is 10.3 Å². The molecule has 0 fully saturated rings. The molecule has 1 rings (SSSR count). The van der Waals surface area contributed by atoms with Gasteiger partial charge in [-0.1, -0.05) is 20.8 Å². The van der Waals surface area contributed by atoms with E-state index in [1.54, 1.807) is 17.5 Å². The van der Waals surface area contributed by atoms with E-state index in [1.807, 2.05) is 26.2 Å². The van der Waals surface area contributed by atoms with Crippen LogP contribution in [0, 0.1) is 5.41 Å². The van der Waals surface area contributed by atoms with Gasteiger partial charge in [-0.05, 0) is 5.41 Å². The van der Waals surface area contributed by atoms with Crippen molar-refractivity contribution in [2.24, 2.45) is 11.1 Å². The molecule has 0 saturated heterocycles. The molecular weight excluding hydrogens is 222 g/mol. The predicted octanol–water partition coefficient (Wildman–Crippen LogP) is 1.18. The quantitative estimate of drug-likeness (QED) is 0.831. The van der Waals surface area contributed by atoms with Gasteiger partial charge in [-0.25, -0.2) is 4.98 Å². The van der Waals surface area contributed by atoms with Crippen LogP contribution in [0.1, 0.15) is 25.8 Å². The minimum absolute atomic E-state index is 0.0935. The first-order valence-corrected chi connectivity index (χ1v) is 6.21. The van der Waals surface area contributed by atoms with E-state index in [-0.39, 0.29) is 11.3 Å². The smallest absolute Gasteiger partial charge is 0.237 e. The van der Waals surface area contributed by atoms with E-state index >= 15 is 0 Å². The highest BCUT2D eigenvalue weighted by molar-refractivity contribution is 7.09. The van der Waals surface area contributed by atoms with E-state index in [0.717, 1.165) is 11.4 Å². The molecule has 0 unspecified atom stereocenters. The molecule has 0 radical (unpaired) electrons. The average Bonchev–Trinajstić information content (AvgIpc) is 2.67. The summed E-state index contributed by atoms with van der Waals surface area (Å²) in [5.74, 6) is -0.0935. The summed E-state index contributed by atoms with van der Waals surface area (Å²) < 4.78 is 0. The third-order valence-corrected chi connectivity index (χ3v) is 3.18. The molecule has 16 heavy (non-hydrogen) atoms. The van der Waals surface area contributed by atoms with E-state index in [1.165, 1.54) is 0 Å². The van der Waals surface area contributed by atoms with E-state index in [0.29, 0.717) is 6.54 Å². The van der Waals surface area contributed by atoms with Crippen LogP contribution in [0.2, 0.25) is 0 Å². The van der Waals surface area contributed by atoms with Crippen LogP contribution in [-0.4, -0.2) is 23.5 Å². The van der Waals surface area contributed by atoms with Crippen molar-refractivity contribution < 1.29 is 4.79 Å².